The molecule has 1 amide bonds. The predicted octanol–water partition coefficient (Wildman–Crippen LogP) is 3.10. The molecule has 5 nitrogen and oxygen atoms in total. The minimum Gasteiger partial charge on any atom is -0.435 e. The Morgan fingerprint density at radius 2 is 1.59 bits per heavy atom. The number of ether oxygens (including phenoxy) is 1. The van der Waals surface area contributed by atoms with Crippen molar-refractivity contribution in [1.82, 2.24) is 10.2 Å². The van der Waals surface area contributed by atoms with Gasteiger partial charge >= 0.3 is 6.61 Å². The third-order valence-electron chi connectivity index (χ3n) is 3.96. The summed E-state index contributed by atoms with van der Waals surface area (Å²) in [6.07, 6.45) is 0. The molecule has 7 heteroatoms. The topological polar surface area (TPSA) is 44.8 Å². The van der Waals surface area contributed by atoms with Crippen molar-refractivity contribution in [2.75, 3.05) is 32.6 Å². The highest BCUT2D eigenvalue weighted by atomic mass is 19.3. The molecule has 0 aromatic heterocycles. The summed E-state index contributed by atoms with van der Waals surface area (Å²) in [5, 5.41) is 2.90. The lowest BCUT2D eigenvalue weighted by Crippen LogP contribution is -2.34. The molecule has 0 aliphatic carbocycles. The summed E-state index contributed by atoms with van der Waals surface area (Å²) in [6.45, 7) is -1.59. The summed E-state index contributed by atoms with van der Waals surface area (Å²) < 4.78 is 28.6. The number of hydrogen-bond acceptors (Lipinski definition) is 4. The number of amides is 1. The van der Waals surface area contributed by atoms with E-state index >= 15 is 0 Å². The maximum absolute atomic E-state index is 12.1. The highest BCUT2D eigenvalue weighted by Crippen LogP contribution is 2.16. The van der Waals surface area contributed by atoms with E-state index in [1.54, 1.807) is 12.1 Å². The Balaban J connectivity index is 1.76. The van der Waals surface area contributed by atoms with Gasteiger partial charge in [-0.1, -0.05) is 24.3 Å². The summed E-state index contributed by atoms with van der Waals surface area (Å²) in [4.78, 5) is 16.0. The van der Waals surface area contributed by atoms with Crippen LogP contribution in [0.4, 0.5) is 14.5 Å². The van der Waals surface area contributed by atoms with E-state index in [0.29, 0.717) is 13.1 Å². The number of anilines is 1. The Bertz CT molecular complexity index is 719. The first-order chi connectivity index (χ1) is 12.8. The third kappa shape index (κ3) is 7.22. The molecule has 27 heavy (non-hydrogen) atoms. The van der Waals surface area contributed by atoms with Gasteiger partial charge in [0.1, 0.15) is 5.75 Å². The largest absolute Gasteiger partial charge is 0.435 e. The van der Waals surface area contributed by atoms with E-state index in [1.807, 2.05) is 55.2 Å². The second-order valence-corrected chi connectivity index (χ2v) is 6.53. The van der Waals surface area contributed by atoms with Crippen LogP contribution in [0.2, 0.25) is 0 Å². The average Bonchev–Trinajstić information content (AvgIpc) is 2.61. The van der Waals surface area contributed by atoms with Crippen LogP contribution >= 0.6 is 0 Å². The summed E-state index contributed by atoms with van der Waals surface area (Å²) in [5.41, 5.74) is 3.05. The molecule has 0 bridgehead atoms. The van der Waals surface area contributed by atoms with Crippen molar-refractivity contribution in [3.8, 4) is 5.75 Å². The number of carbonyl (C=O) groups excluding carboxylic acids is 1. The third-order valence-corrected chi connectivity index (χ3v) is 3.96. The van der Waals surface area contributed by atoms with Crippen LogP contribution < -0.4 is 15.0 Å². The fourth-order valence-electron chi connectivity index (χ4n) is 2.56. The second kappa shape index (κ2) is 9.87. The number of benzene rings is 2. The van der Waals surface area contributed by atoms with Crippen LogP contribution in [0.1, 0.15) is 11.1 Å². The van der Waals surface area contributed by atoms with Gasteiger partial charge in [0.2, 0.25) is 5.91 Å². The van der Waals surface area contributed by atoms with Gasteiger partial charge in [-0.05, 0) is 42.4 Å². The number of nitrogens with zero attached hydrogens (tertiary/aromatic N) is 2. The highest BCUT2D eigenvalue weighted by Gasteiger charge is 2.08. The number of likely N-dealkylation sites (N-methyl/N-ethyl adjacent to an activating group) is 1. The molecule has 0 heterocycles. The van der Waals surface area contributed by atoms with E-state index in [0.717, 1.165) is 16.8 Å². The van der Waals surface area contributed by atoms with E-state index in [4.69, 9.17) is 0 Å². The van der Waals surface area contributed by atoms with E-state index in [9.17, 15) is 13.6 Å². The van der Waals surface area contributed by atoms with Gasteiger partial charge in [-0.25, -0.2) is 0 Å². The minimum atomic E-state index is -2.83. The molecule has 1 N–H and O–H groups in total. The van der Waals surface area contributed by atoms with E-state index in [1.165, 1.54) is 12.1 Å². The monoisotopic (exact) mass is 377 g/mol. The molecule has 0 radical (unpaired) electrons. The molecular weight excluding hydrogens is 352 g/mol. The molecule has 2 aromatic carbocycles. The minimum absolute atomic E-state index is 0.0770. The highest BCUT2D eigenvalue weighted by molar-refractivity contribution is 5.78. The molecule has 2 aromatic rings. The van der Waals surface area contributed by atoms with Crippen molar-refractivity contribution < 1.29 is 18.3 Å². The number of rotatable bonds is 9. The fourth-order valence-corrected chi connectivity index (χ4v) is 2.56. The molecule has 0 saturated carbocycles. The van der Waals surface area contributed by atoms with Crippen LogP contribution in [-0.4, -0.2) is 45.1 Å². The van der Waals surface area contributed by atoms with Gasteiger partial charge in [-0.2, -0.15) is 8.78 Å². The number of nitrogens with one attached hydrogen (secondary N) is 1. The van der Waals surface area contributed by atoms with Gasteiger partial charge in [0.05, 0.1) is 6.54 Å². The lowest BCUT2D eigenvalue weighted by Gasteiger charge is -2.17. The van der Waals surface area contributed by atoms with Gasteiger partial charge in [0, 0.05) is 32.9 Å². The lowest BCUT2D eigenvalue weighted by atomic mass is 10.2. The van der Waals surface area contributed by atoms with Crippen LogP contribution in [0.5, 0.6) is 5.75 Å². The fraction of sp³-hybridized carbons (Fsp3) is 0.350. The second-order valence-electron chi connectivity index (χ2n) is 6.53. The molecule has 0 saturated heterocycles. The number of carbonyl (C=O) groups is 1. The van der Waals surface area contributed by atoms with Gasteiger partial charge in [0.25, 0.3) is 0 Å². The SMILES string of the molecule is CN(CC(=O)NCc1ccc(N(C)C)cc1)Cc1ccc(OC(F)F)cc1. The Labute approximate surface area is 158 Å². The molecule has 0 unspecified atom stereocenters. The Morgan fingerprint density at radius 1 is 1.00 bits per heavy atom. The maximum Gasteiger partial charge on any atom is 0.387 e. The normalized spacial score (nSPS) is 10.9. The molecular formula is C20H25F2N3O2. The van der Waals surface area contributed by atoms with Crippen molar-refractivity contribution >= 4 is 11.6 Å². The van der Waals surface area contributed by atoms with Gasteiger partial charge < -0.3 is 15.0 Å². The van der Waals surface area contributed by atoms with Crippen molar-refractivity contribution in [3.05, 3.63) is 59.7 Å². The smallest absolute Gasteiger partial charge is 0.387 e. The molecule has 146 valence electrons. The van der Waals surface area contributed by atoms with E-state index < -0.39 is 6.61 Å². The first-order valence-corrected chi connectivity index (χ1v) is 8.59. The number of halogens is 2. The van der Waals surface area contributed by atoms with E-state index in [2.05, 4.69) is 10.1 Å². The summed E-state index contributed by atoms with van der Waals surface area (Å²) in [7, 11) is 5.78. The quantitative estimate of drug-likeness (QED) is 0.729. The summed E-state index contributed by atoms with van der Waals surface area (Å²) in [5.74, 6) is 0.0428. The van der Waals surface area contributed by atoms with Crippen LogP contribution in [0.15, 0.2) is 48.5 Å². The van der Waals surface area contributed by atoms with Gasteiger partial charge in [-0.3, -0.25) is 9.69 Å². The zero-order chi connectivity index (χ0) is 19.8. The van der Waals surface area contributed by atoms with Crippen molar-refractivity contribution in [3.63, 3.8) is 0 Å². The molecule has 0 atom stereocenters. The van der Waals surface area contributed by atoms with Gasteiger partial charge in [0.15, 0.2) is 0 Å². The number of alkyl halides is 2. The molecule has 2 rings (SSSR count). The van der Waals surface area contributed by atoms with Gasteiger partial charge in [-0.15, -0.1) is 0 Å². The van der Waals surface area contributed by atoms with Crippen molar-refractivity contribution in [2.45, 2.75) is 19.7 Å². The predicted molar refractivity (Wildman–Crippen MR) is 102 cm³/mol. The Hall–Kier alpha value is -2.67. The average molecular weight is 377 g/mol. The summed E-state index contributed by atoms with van der Waals surface area (Å²) >= 11 is 0. The zero-order valence-electron chi connectivity index (χ0n) is 15.8. The molecule has 0 aliphatic rings. The standard InChI is InChI=1S/C20H25F2N3O2/c1-24(2)17-8-4-15(5-9-17)12-23-19(26)14-25(3)13-16-6-10-18(11-7-16)27-20(21)22/h4-11,20H,12-14H2,1-3H3,(H,23,26). The van der Waals surface area contributed by atoms with Crippen LogP contribution in [0.25, 0.3) is 0 Å². The lowest BCUT2D eigenvalue weighted by molar-refractivity contribution is -0.122. The Kier molecular flexibility index (Phi) is 7.55. The molecule has 0 fully saturated rings. The first kappa shape index (κ1) is 20.6. The summed E-state index contributed by atoms with van der Waals surface area (Å²) in [6, 6.07) is 14.4. The van der Waals surface area contributed by atoms with Crippen LogP contribution in [0, 0.1) is 0 Å². The van der Waals surface area contributed by atoms with Crippen molar-refractivity contribution in [2.24, 2.45) is 0 Å². The van der Waals surface area contributed by atoms with Crippen LogP contribution in [0.3, 0.4) is 0 Å². The Morgan fingerprint density at radius 3 is 2.15 bits per heavy atom. The maximum atomic E-state index is 12.1. The zero-order valence-corrected chi connectivity index (χ0v) is 15.8. The van der Waals surface area contributed by atoms with E-state index in [-0.39, 0.29) is 18.2 Å². The molecule has 0 spiro atoms. The van der Waals surface area contributed by atoms with Crippen molar-refractivity contribution in [1.29, 1.82) is 0 Å². The van der Waals surface area contributed by atoms with Crippen LogP contribution in [-0.2, 0) is 17.9 Å². The molecule has 0 aliphatic heterocycles. The number of hydrogen-bond donors (Lipinski definition) is 1. The first-order valence-electron chi connectivity index (χ1n) is 8.59.